The second-order valence-electron chi connectivity index (χ2n) is 18.4. The molecule has 0 radical (unpaired) electrons. The van der Waals surface area contributed by atoms with Gasteiger partial charge in [-0.15, -0.1) is 0 Å². The molecule has 0 saturated carbocycles. The fourth-order valence-electron chi connectivity index (χ4n) is 3.31. The number of hydrogen-bond acceptors (Lipinski definition) is 22. The fraction of sp³-hybridized carbons (Fsp3) is 0.588. The highest BCUT2D eigenvalue weighted by molar-refractivity contribution is 7.65. The summed E-state index contributed by atoms with van der Waals surface area (Å²) in [5, 5.41) is 29.8. The van der Waals surface area contributed by atoms with Gasteiger partial charge in [0, 0.05) is 60.7 Å². The quantitative estimate of drug-likeness (QED) is 0.0200. The molecule has 0 aromatic heterocycles. The number of aldehydes is 1. The topological polar surface area (TPSA) is 375 Å². The van der Waals surface area contributed by atoms with Crippen molar-refractivity contribution in [3.8, 4) is 12.5 Å². The highest BCUT2D eigenvalue weighted by atomic mass is 31.2. The van der Waals surface area contributed by atoms with Gasteiger partial charge in [-0.05, 0) is 184 Å². The summed E-state index contributed by atoms with van der Waals surface area (Å²) in [5.74, 6) is -3.27. The summed E-state index contributed by atoms with van der Waals surface area (Å²) >= 11 is 0. The van der Waals surface area contributed by atoms with Crippen LogP contribution in [0, 0.1) is 12.5 Å². The number of carboxylic acids is 2. The smallest absolute Gasteiger partial charge is 0.344 e. The molecule has 0 heterocycles. The molecule has 26 heteroatoms. The molecule has 0 aliphatic rings. The molecule has 0 saturated heterocycles. The number of ketones is 3. The van der Waals surface area contributed by atoms with Crippen molar-refractivity contribution < 1.29 is 125 Å². The van der Waals surface area contributed by atoms with Crippen LogP contribution in [0.4, 0.5) is 0 Å². The number of terminal acetylenes is 1. The largest absolute Gasteiger partial charge is 0.478 e. The Hall–Kier alpha value is -7.44. The van der Waals surface area contributed by atoms with Gasteiger partial charge < -0.3 is 77.2 Å². The van der Waals surface area contributed by atoms with Crippen molar-refractivity contribution in [3.05, 3.63) is 82.5 Å². The second-order valence-corrected chi connectivity index (χ2v) is 25.8. The Balaban J connectivity index is -0.0000000336. The number of allylic oxidation sites excluding steroid dienone is 8. The van der Waals surface area contributed by atoms with Gasteiger partial charge in [0.1, 0.15) is 29.7 Å². The lowest BCUT2D eigenvalue weighted by Crippen LogP contribution is -2.11. The van der Waals surface area contributed by atoms with E-state index in [9.17, 15) is 61.9 Å². The molecule has 0 amide bonds. The van der Waals surface area contributed by atoms with Crippen molar-refractivity contribution in [2.24, 2.45) is 0 Å². The van der Waals surface area contributed by atoms with Gasteiger partial charge in [-0.1, -0.05) is 80.2 Å². The second kappa shape index (κ2) is 99.1. The van der Waals surface area contributed by atoms with Gasteiger partial charge in [-0.2, -0.15) is 0 Å². The molecule has 24 nitrogen and oxygen atoms in total. The van der Waals surface area contributed by atoms with E-state index < -0.39 is 32.2 Å². The minimum atomic E-state index is -2.24. The first-order valence-electron chi connectivity index (χ1n) is 29.3. The SMILES string of the molecule is C#COC(=O)/C=C/C.C/C=C/C(=O)O.C/C=C/C(=O)OC.CC(C)=C(C)C.CC(C)=CC(=O)O.CC(C)=O.CC(C)=O.CC(C)=O.CC=O.CCOC(=O)C=C(C)C.CCOC(=O)CP(=O)(CC)CC.CCOC(=O)CP(=O)(CC)CC.CO.CO.COC(=O)C=C(C)C.[HH].[HH].[HH].[HH].[HH].[HH].[HH]. The first-order chi connectivity index (χ1) is 43.2. The number of Topliss-reactive ketones (excluding diaryl/α,β-unsaturated/α-hetero) is 3. The molecule has 0 aromatic rings. The van der Waals surface area contributed by atoms with Crippen LogP contribution in [-0.2, 0) is 95.1 Å². The lowest BCUT2D eigenvalue weighted by molar-refractivity contribution is -0.141. The van der Waals surface area contributed by atoms with Crippen LogP contribution in [0.1, 0.15) is 197 Å². The minimum Gasteiger partial charge on any atom is -0.478 e. The van der Waals surface area contributed by atoms with Crippen molar-refractivity contribution in [1.29, 1.82) is 0 Å². The van der Waals surface area contributed by atoms with Crippen LogP contribution >= 0.6 is 14.3 Å². The number of carbonyl (C=O) groups is 12. The molecule has 0 rings (SSSR count). The third kappa shape index (κ3) is 191. The molecule has 0 spiro atoms. The summed E-state index contributed by atoms with van der Waals surface area (Å²) in [6.07, 6.45) is 22.1. The van der Waals surface area contributed by atoms with Gasteiger partial charge in [0.15, 0.2) is 0 Å². The standard InChI is InChI=1S/2C8H17O3P.C7H12O2.C6H10O2.C6H6O2.C6H12.2C5H8O2.C4H6O2.3C3H6O.C2H4O.2CH4O.7H2/c2*1-4-11-8(9)7-12(10,5-2)6-3;1-4-9-7(8)5-6(2)3;1-5(2)4-6(7)8-3;1-3-5-6(7)8-4-2;1-5(2)6(3)4;1-4(2)3-5(6)7;1-3-4-5(6)7-2;1-2-3-4(5)6;3*1-3(2)4;1-2-3;2*1-2;;;;;;;/h2*4-7H2,1-3H3;5H,4H2,1-3H3;4H,1-3H3;2-3,5H,1H3;1-4H3;3H,1-2H3,(H,6,7);3-4H,1-2H3;2-3H,1H3,(H,5,6);3*1-2H3;2H,1H3;2*2H,1H3;7*1H/b;;;;5-3+;;;4-3+;3-2+;;;;;;;;;;;;;. The molecule has 0 atom stereocenters. The number of ether oxygens (including phenoxy) is 6. The molecule has 0 bridgehead atoms. The van der Waals surface area contributed by atoms with Gasteiger partial charge in [0.2, 0.25) is 0 Å². The van der Waals surface area contributed by atoms with Crippen LogP contribution in [0.2, 0.25) is 0 Å². The van der Waals surface area contributed by atoms with Crippen molar-refractivity contribution in [2.75, 3.05) is 85.2 Å². The Bertz CT molecular complexity index is 2240. The molecule has 0 aliphatic heterocycles. The average molecular weight is 1400 g/mol. The monoisotopic (exact) mass is 1400 g/mol. The van der Waals surface area contributed by atoms with Crippen LogP contribution in [0.5, 0.6) is 0 Å². The first kappa shape index (κ1) is 124. The van der Waals surface area contributed by atoms with Gasteiger partial charge in [-0.3, -0.25) is 9.59 Å². The maximum Gasteiger partial charge on any atom is 0.344 e. The first-order valence-corrected chi connectivity index (χ1v) is 33.8. The number of rotatable bonds is 17. The van der Waals surface area contributed by atoms with Crippen LogP contribution in [0.25, 0.3) is 0 Å². The highest BCUT2D eigenvalue weighted by Crippen LogP contribution is 2.44. The molecule has 0 unspecified atom stereocenters. The Morgan fingerprint density at radius 1 is 0.415 bits per heavy atom. The molecular formula is C68H140O24P2. The number of hydrogen-bond donors (Lipinski definition) is 4. The van der Waals surface area contributed by atoms with E-state index in [1.54, 1.807) is 73.6 Å². The zero-order valence-electron chi connectivity index (χ0n) is 63.1. The lowest BCUT2D eigenvalue weighted by Gasteiger charge is -2.12. The number of aliphatic hydroxyl groups is 2. The van der Waals surface area contributed by atoms with Crippen molar-refractivity contribution in [2.45, 2.75) is 187 Å². The Morgan fingerprint density at radius 3 is 0.787 bits per heavy atom. The number of carboxylic acid groups (broad SMARTS) is 2. The molecule has 94 heavy (non-hydrogen) atoms. The van der Waals surface area contributed by atoms with Crippen LogP contribution < -0.4 is 0 Å². The van der Waals surface area contributed by atoms with Crippen molar-refractivity contribution in [3.63, 3.8) is 0 Å². The Labute approximate surface area is 576 Å². The van der Waals surface area contributed by atoms with E-state index in [-0.39, 0.29) is 69.5 Å². The van der Waals surface area contributed by atoms with E-state index in [1.165, 1.54) is 110 Å². The fourth-order valence-corrected chi connectivity index (χ4v) is 6.23. The predicted octanol–water partition coefficient (Wildman–Crippen LogP) is 15.0. The summed E-state index contributed by atoms with van der Waals surface area (Å²) in [4.78, 5) is 120. The normalized spacial score (nSPS) is 8.55. The number of carbonyl (C=O) groups excluding carboxylic acids is 10. The molecule has 4 N–H and O–H groups in total. The zero-order chi connectivity index (χ0) is 78.6. The van der Waals surface area contributed by atoms with Crippen molar-refractivity contribution in [1.82, 2.24) is 0 Å². The minimum absolute atomic E-state index is 0. The van der Waals surface area contributed by atoms with Crippen molar-refractivity contribution >= 4 is 85.7 Å². The van der Waals surface area contributed by atoms with E-state index in [2.05, 4.69) is 53.1 Å². The van der Waals surface area contributed by atoms with E-state index in [1.807, 2.05) is 55.4 Å². The van der Waals surface area contributed by atoms with Crippen LogP contribution in [-0.4, -0.2) is 177 Å². The van der Waals surface area contributed by atoms with Crippen LogP contribution in [0.3, 0.4) is 0 Å². The van der Waals surface area contributed by atoms with E-state index >= 15 is 0 Å². The van der Waals surface area contributed by atoms with Crippen LogP contribution in [0.15, 0.2) is 82.5 Å². The summed E-state index contributed by atoms with van der Waals surface area (Å²) < 4.78 is 50.3. The van der Waals surface area contributed by atoms with Gasteiger partial charge in [0.05, 0.1) is 60.6 Å². The number of esters is 6. The zero-order valence-corrected chi connectivity index (χ0v) is 64.9. The number of aliphatic hydroxyl groups excluding tert-OH is 2. The third-order valence-electron chi connectivity index (χ3n) is 7.74. The Kier molecular flexibility index (Phi) is 130. The van der Waals surface area contributed by atoms with E-state index in [0.29, 0.717) is 44.5 Å². The molecule has 0 aliphatic carbocycles. The summed E-state index contributed by atoms with van der Waals surface area (Å²) in [5.41, 5.74) is 5.59. The van der Waals surface area contributed by atoms with Gasteiger partial charge in [-0.25, -0.2) is 28.8 Å². The average Bonchev–Trinajstić information content (AvgIpc) is 0.926. The maximum absolute atomic E-state index is 11.7. The number of methoxy groups -OCH3 is 2. The predicted molar refractivity (Wildman–Crippen MR) is 396 cm³/mol. The highest BCUT2D eigenvalue weighted by Gasteiger charge is 2.22. The van der Waals surface area contributed by atoms with Gasteiger partial charge in [0.25, 0.3) is 0 Å². The Morgan fingerprint density at radius 2 is 0.660 bits per heavy atom. The van der Waals surface area contributed by atoms with E-state index in [0.717, 1.165) is 43.3 Å². The summed E-state index contributed by atoms with van der Waals surface area (Å²) in [7, 11) is 0.229. The number of aliphatic carboxylic acids is 2. The lowest BCUT2D eigenvalue weighted by atomic mass is 10.2. The third-order valence-corrected chi connectivity index (χ3v) is 14.0. The molecule has 0 fully saturated rings. The van der Waals surface area contributed by atoms with Gasteiger partial charge >= 0.3 is 47.8 Å². The summed E-state index contributed by atoms with van der Waals surface area (Å²) in [6.45, 7) is 49.0. The molecule has 0 aromatic carbocycles. The van der Waals surface area contributed by atoms with E-state index in [4.69, 9.17) is 34.7 Å². The maximum atomic E-state index is 11.7. The summed E-state index contributed by atoms with van der Waals surface area (Å²) in [6, 6.07) is 0. The molecule has 566 valence electrons. The molecular weight excluding hydrogens is 1260 g/mol.